The Kier molecular flexibility index (Phi) is 7.43. The number of hydrogen-bond donors (Lipinski definition) is 2. The maximum atomic E-state index is 13.9. The smallest absolute Gasteiger partial charge is 0.338 e. The number of amidine groups is 1. The number of carbonyl (C=O) groups is 3. The molecule has 0 bridgehead atoms. The van der Waals surface area contributed by atoms with E-state index in [1.807, 2.05) is 15.2 Å². The van der Waals surface area contributed by atoms with Crippen LogP contribution in [0.2, 0.25) is 5.02 Å². The van der Waals surface area contributed by atoms with E-state index in [9.17, 15) is 23.9 Å². The summed E-state index contributed by atoms with van der Waals surface area (Å²) in [5.41, 5.74) is 1.30. The van der Waals surface area contributed by atoms with Gasteiger partial charge in [-0.3, -0.25) is 14.7 Å². The van der Waals surface area contributed by atoms with E-state index in [2.05, 4.69) is 15.2 Å². The average Bonchev–Trinajstić information content (AvgIpc) is 3.56. The van der Waals surface area contributed by atoms with Crippen LogP contribution in [0, 0.1) is 11.7 Å². The molecule has 1 unspecified atom stereocenters. The quantitative estimate of drug-likeness (QED) is 0.463. The summed E-state index contributed by atoms with van der Waals surface area (Å²) in [5, 5.41) is 15.1. The van der Waals surface area contributed by atoms with Gasteiger partial charge in [-0.15, -0.1) is 11.3 Å². The number of carboxylic acids is 1. The van der Waals surface area contributed by atoms with Gasteiger partial charge in [-0.25, -0.2) is 19.0 Å². The fourth-order valence-electron chi connectivity index (χ4n) is 5.98. The van der Waals surface area contributed by atoms with Crippen LogP contribution in [0.4, 0.5) is 9.18 Å². The number of aromatic nitrogens is 1. The zero-order chi connectivity index (χ0) is 28.8. The molecule has 1 aromatic carbocycles. The molecule has 41 heavy (non-hydrogen) atoms. The van der Waals surface area contributed by atoms with Crippen LogP contribution >= 0.6 is 22.9 Å². The number of fused-ring (bicyclic) bond motifs is 1. The van der Waals surface area contributed by atoms with Crippen molar-refractivity contribution in [2.45, 2.75) is 31.0 Å². The summed E-state index contributed by atoms with van der Waals surface area (Å²) >= 11 is 7.83. The number of methoxy groups -OCH3 is 1. The van der Waals surface area contributed by atoms with Crippen LogP contribution in [0.5, 0.6) is 0 Å². The van der Waals surface area contributed by atoms with Crippen molar-refractivity contribution in [3.8, 4) is 0 Å². The number of piperazine rings is 1. The van der Waals surface area contributed by atoms with Crippen LogP contribution < -0.4 is 5.32 Å². The SMILES string of the molecule is COC(=O)C1=C(CN2CCN3C(=O)N(C4CC(C(=O)O)C4)CC3C2)NC(c2nccs2)=N[C@H]1c1ccc(F)cc1Cl. The number of hydrogen-bond acceptors (Lipinski definition) is 9. The predicted molar refractivity (Wildman–Crippen MR) is 148 cm³/mol. The van der Waals surface area contributed by atoms with Gasteiger partial charge in [0.05, 0.1) is 24.6 Å². The van der Waals surface area contributed by atoms with Gasteiger partial charge in [0.15, 0.2) is 10.8 Å². The lowest BCUT2D eigenvalue weighted by Gasteiger charge is -2.38. The molecule has 3 fully saturated rings. The molecule has 14 heteroatoms. The van der Waals surface area contributed by atoms with E-state index in [-0.39, 0.29) is 34.6 Å². The standard InChI is InChI=1S/C27H28ClFN6O5S/c1-40-26(38)21-20(31-23(24-30-4-7-41-24)32-22(21)18-3-2-15(29)10-19(18)28)13-33-5-6-34-17(11-33)12-35(27(34)39)16-8-14(9-16)25(36)37/h2-4,7,10,14,16-17,22H,5-6,8-9,11-13H2,1H3,(H,31,32)(H,36,37)/t14?,16?,17?,22-/m0/s1. The van der Waals surface area contributed by atoms with E-state index in [4.69, 9.17) is 21.3 Å². The number of halogens is 2. The second-order valence-corrected chi connectivity index (χ2v) is 11.9. The topological polar surface area (TPSA) is 128 Å². The van der Waals surface area contributed by atoms with E-state index >= 15 is 0 Å². The van der Waals surface area contributed by atoms with Gasteiger partial charge in [-0.1, -0.05) is 17.7 Å². The number of aliphatic imine (C=N–C) groups is 1. The van der Waals surface area contributed by atoms with Gasteiger partial charge in [0.25, 0.3) is 0 Å². The molecule has 2 saturated heterocycles. The Hall–Kier alpha value is -3.55. The van der Waals surface area contributed by atoms with E-state index in [1.54, 1.807) is 6.20 Å². The van der Waals surface area contributed by atoms with Crippen LogP contribution in [0.25, 0.3) is 0 Å². The van der Waals surface area contributed by atoms with Gasteiger partial charge >= 0.3 is 18.0 Å². The summed E-state index contributed by atoms with van der Waals surface area (Å²) in [6, 6.07) is 2.99. The minimum absolute atomic E-state index is 0.0436. The Morgan fingerprint density at radius 3 is 2.71 bits per heavy atom. The van der Waals surface area contributed by atoms with E-state index < -0.39 is 23.8 Å². The highest BCUT2D eigenvalue weighted by molar-refractivity contribution is 7.11. The number of aliphatic carboxylic acids is 1. The van der Waals surface area contributed by atoms with Gasteiger partial charge in [-0.05, 0) is 25.0 Å². The molecular formula is C27H28ClFN6O5S. The number of ether oxygens (including phenoxy) is 1. The second-order valence-electron chi connectivity index (χ2n) is 10.6. The van der Waals surface area contributed by atoms with Crippen LogP contribution in [-0.2, 0) is 14.3 Å². The monoisotopic (exact) mass is 602 g/mol. The fourth-order valence-corrected chi connectivity index (χ4v) is 6.84. The second kappa shape index (κ2) is 11.0. The molecule has 216 valence electrons. The van der Waals surface area contributed by atoms with Crippen molar-refractivity contribution in [3.05, 3.63) is 62.5 Å². The maximum Gasteiger partial charge on any atom is 0.338 e. The number of nitrogens with zero attached hydrogens (tertiary/aromatic N) is 5. The first kappa shape index (κ1) is 27.6. The largest absolute Gasteiger partial charge is 0.481 e. The zero-order valence-electron chi connectivity index (χ0n) is 22.1. The molecule has 2 atom stereocenters. The van der Waals surface area contributed by atoms with Gasteiger partial charge in [0, 0.05) is 66.6 Å². The van der Waals surface area contributed by atoms with Crippen molar-refractivity contribution in [1.29, 1.82) is 0 Å². The number of benzene rings is 1. The third-order valence-corrected chi connectivity index (χ3v) is 9.28. The summed E-state index contributed by atoms with van der Waals surface area (Å²) in [4.78, 5) is 52.5. The average molecular weight is 603 g/mol. The molecule has 2 N–H and O–H groups in total. The van der Waals surface area contributed by atoms with Crippen LogP contribution in [0.1, 0.15) is 29.5 Å². The number of thiazole rings is 1. The lowest BCUT2D eigenvalue weighted by Crippen LogP contribution is -2.53. The summed E-state index contributed by atoms with van der Waals surface area (Å²) in [6.07, 6.45) is 2.62. The first-order valence-corrected chi connectivity index (χ1v) is 14.5. The number of esters is 1. The van der Waals surface area contributed by atoms with Gasteiger partial charge in [0.1, 0.15) is 11.9 Å². The zero-order valence-corrected chi connectivity index (χ0v) is 23.7. The van der Waals surface area contributed by atoms with Gasteiger partial charge < -0.3 is 25.0 Å². The number of nitrogens with one attached hydrogen (secondary N) is 1. The van der Waals surface area contributed by atoms with Crippen molar-refractivity contribution in [2.75, 3.05) is 39.8 Å². The summed E-state index contributed by atoms with van der Waals surface area (Å²) < 4.78 is 19.1. The Bertz CT molecular complexity index is 1450. The first-order valence-electron chi connectivity index (χ1n) is 13.3. The molecule has 2 aromatic rings. The Morgan fingerprint density at radius 2 is 2.02 bits per heavy atom. The molecular weight excluding hydrogens is 575 g/mol. The highest BCUT2D eigenvalue weighted by Gasteiger charge is 2.48. The highest BCUT2D eigenvalue weighted by Crippen LogP contribution is 2.38. The third kappa shape index (κ3) is 5.17. The van der Waals surface area contributed by atoms with Crippen molar-refractivity contribution >= 4 is 46.7 Å². The predicted octanol–water partition coefficient (Wildman–Crippen LogP) is 2.74. The van der Waals surface area contributed by atoms with E-state index in [1.165, 1.54) is 36.6 Å². The number of carboxylic acid groups (broad SMARTS) is 1. The maximum absolute atomic E-state index is 13.9. The summed E-state index contributed by atoms with van der Waals surface area (Å²) in [6.45, 7) is 2.53. The minimum atomic E-state index is -0.851. The van der Waals surface area contributed by atoms with Crippen molar-refractivity contribution in [1.82, 2.24) is 25.0 Å². The molecule has 2 amide bonds. The minimum Gasteiger partial charge on any atom is -0.481 e. The molecule has 6 rings (SSSR count). The van der Waals surface area contributed by atoms with Crippen LogP contribution in [0.15, 0.2) is 46.0 Å². The molecule has 1 aliphatic carbocycles. The third-order valence-electron chi connectivity index (χ3n) is 8.17. The van der Waals surface area contributed by atoms with Gasteiger partial charge in [0.2, 0.25) is 0 Å². The summed E-state index contributed by atoms with van der Waals surface area (Å²) in [5.74, 6) is -1.82. The van der Waals surface area contributed by atoms with E-state index in [0.29, 0.717) is 67.7 Å². The van der Waals surface area contributed by atoms with Crippen molar-refractivity contribution in [3.63, 3.8) is 0 Å². The molecule has 4 aliphatic rings. The van der Waals surface area contributed by atoms with E-state index in [0.717, 1.165) is 0 Å². The normalized spacial score (nSPS) is 26.3. The number of amides is 2. The number of urea groups is 1. The Morgan fingerprint density at radius 1 is 1.22 bits per heavy atom. The number of rotatable bonds is 7. The Balaban J connectivity index is 1.26. The molecule has 11 nitrogen and oxygen atoms in total. The van der Waals surface area contributed by atoms with Crippen LogP contribution in [0.3, 0.4) is 0 Å². The summed E-state index contributed by atoms with van der Waals surface area (Å²) in [7, 11) is 1.29. The molecule has 0 spiro atoms. The van der Waals surface area contributed by atoms with Crippen LogP contribution in [-0.4, -0.2) is 101 Å². The molecule has 3 aliphatic heterocycles. The number of carbonyl (C=O) groups excluding carboxylic acids is 2. The lowest BCUT2D eigenvalue weighted by molar-refractivity contribution is -0.146. The fraction of sp³-hybridized carbons (Fsp3) is 0.444. The molecule has 1 saturated carbocycles. The lowest BCUT2D eigenvalue weighted by atomic mass is 9.79. The molecule has 0 radical (unpaired) electrons. The van der Waals surface area contributed by atoms with Gasteiger partial charge in [-0.2, -0.15) is 0 Å². The highest BCUT2D eigenvalue weighted by atomic mass is 35.5. The first-order chi connectivity index (χ1) is 19.7. The van der Waals surface area contributed by atoms with Crippen molar-refractivity contribution in [2.24, 2.45) is 10.9 Å². The van der Waals surface area contributed by atoms with Crippen molar-refractivity contribution < 1.29 is 28.6 Å². The molecule has 4 heterocycles. The molecule has 1 aromatic heterocycles. The Labute approximate surface area is 244 Å².